The lowest BCUT2D eigenvalue weighted by Gasteiger charge is -2.20. The third-order valence-electron chi connectivity index (χ3n) is 1.15. The number of hydrogen-bond donors (Lipinski definition) is 0. The summed E-state index contributed by atoms with van der Waals surface area (Å²) in [4.78, 5) is 0. The van der Waals surface area contributed by atoms with Gasteiger partial charge < -0.3 is 4.43 Å². The zero-order chi connectivity index (χ0) is 8.04. The smallest absolute Gasteiger partial charge is 0.247 e. The topological polar surface area (TPSA) is 9.23 Å². The third-order valence-corrected chi connectivity index (χ3v) is 6.49. The van der Waals surface area contributed by atoms with Crippen molar-refractivity contribution in [1.29, 1.82) is 0 Å². The van der Waals surface area contributed by atoms with Crippen LogP contribution >= 0.6 is 11.2 Å². The molecule has 0 saturated heterocycles. The molecule has 0 unspecified atom stereocenters. The summed E-state index contributed by atoms with van der Waals surface area (Å²) in [7, 11) is -1.31. The molecule has 10 heavy (non-hydrogen) atoms. The van der Waals surface area contributed by atoms with Crippen molar-refractivity contribution < 1.29 is 4.43 Å². The van der Waals surface area contributed by atoms with Gasteiger partial charge >= 0.3 is 0 Å². The van der Waals surface area contributed by atoms with Crippen LogP contribution in [-0.4, -0.2) is 19.8 Å². The Bertz CT molecular complexity index is 85.7. The van der Waals surface area contributed by atoms with E-state index in [1.54, 1.807) is 0 Å². The highest BCUT2D eigenvalue weighted by Crippen LogP contribution is 2.21. The van der Waals surface area contributed by atoms with E-state index in [2.05, 4.69) is 26.9 Å². The molecule has 0 rings (SSSR count). The summed E-state index contributed by atoms with van der Waals surface area (Å²) < 4.78 is 5.63. The Balaban J connectivity index is 3.42. The highest BCUT2D eigenvalue weighted by atomic mass is 32.4. The first-order valence-corrected chi connectivity index (χ1v) is 8.52. The molecule has 0 saturated carbocycles. The van der Waals surface area contributed by atoms with Gasteiger partial charge in [0.25, 0.3) is 0 Å². The predicted octanol–water partition coefficient (Wildman–Crippen LogP) is 2.87. The first-order valence-electron chi connectivity index (χ1n) is 3.90. The largest absolute Gasteiger partial charge is 0.408 e. The second kappa shape index (κ2) is 5.21. The molecule has 0 bridgehead atoms. The minimum Gasteiger partial charge on any atom is -0.408 e. The fraction of sp³-hybridized carbons (Fsp3) is 1.00. The average molecular weight is 178 g/mol. The van der Waals surface area contributed by atoms with Crippen molar-refractivity contribution >= 4 is 18.7 Å². The highest BCUT2D eigenvalue weighted by molar-refractivity contribution is 8.27. The molecule has 0 heterocycles. The quantitative estimate of drug-likeness (QED) is 0.599. The zero-order valence-corrected chi connectivity index (χ0v) is 9.25. The monoisotopic (exact) mass is 178 g/mol. The van der Waals surface area contributed by atoms with Crippen LogP contribution in [0, 0.1) is 0 Å². The van der Waals surface area contributed by atoms with Crippen molar-refractivity contribution in [3.8, 4) is 0 Å². The Morgan fingerprint density at radius 1 is 1.30 bits per heavy atom. The van der Waals surface area contributed by atoms with Crippen LogP contribution in [0.4, 0.5) is 0 Å². The molecule has 0 spiro atoms. The van der Waals surface area contributed by atoms with Gasteiger partial charge in [0.2, 0.25) is 7.47 Å². The molecule has 0 atom stereocenters. The van der Waals surface area contributed by atoms with Crippen LogP contribution < -0.4 is 0 Å². The van der Waals surface area contributed by atoms with Crippen molar-refractivity contribution in [3.05, 3.63) is 0 Å². The summed E-state index contributed by atoms with van der Waals surface area (Å²) in [5, 5.41) is 0. The van der Waals surface area contributed by atoms with Crippen molar-refractivity contribution in [2.24, 2.45) is 0 Å². The molecule has 0 aliphatic carbocycles. The molecule has 0 aromatic heterocycles. The van der Waals surface area contributed by atoms with Crippen molar-refractivity contribution in [3.63, 3.8) is 0 Å². The van der Waals surface area contributed by atoms with Gasteiger partial charge in [-0.2, -0.15) is 11.2 Å². The second-order valence-corrected chi connectivity index (χ2v) is 10.3. The van der Waals surface area contributed by atoms with E-state index in [4.69, 9.17) is 4.43 Å². The van der Waals surface area contributed by atoms with Crippen LogP contribution in [0.15, 0.2) is 0 Å². The SMILES string of the molecule is CCCS[Si](C)(C)OCC. The van der Waals surface area contributed by atoms with E-state index < -0.39 is 7.47 Å². The molecular weight excluding hydrogens is 160 g/mol. The van der Waals surface area contributed by atoms with E-state index in [0.717, 1.165) is 6.61 Å². The van der Waals surface area contributed by atoms with E-state index >= 15 is 0 Å². The van der Waals surface area contributed by atoms with Crippen molar-refractivity contribution in [2.45, 2.75) is 33.4 Å². The van der Waals surface area contributed by atoms with Gasteiger partial charge in [-0.3, -0.25) is 0 Å². The number of rotatable bonds is 5. The average Bonchev–Trinajstić information content (AvgIpc) is 1.84. The Labute approximate surface area is 69.3 Å². The summed E-state index contributed by atoms with van der Waals surface area (Å²) in [5.41, 5.74) is 0. The number of hydrogen-bond acceptors (Lipinski definition) is 2. The first-order chi connectivity index (χ1) is 4.62. The van der Waals surface area contributed by atoms with E-state index in [0.29, 0.717) is 0 Å². The van der Waals surface area contributed by atoms with Crippen LogP contribution in [0.5, 0.6) is 0 Å². The minimum absolute atomic E-state index is 0.871. The predicted molar refractivity (Wildman–Crippen MR) is 51.9 cm³/mol. The van der Waals surface area contributed by atoms with E-state index in [1.165, 1.54) is 12.2 Å². The van der Waals surface area contributed by atoms with Crippen LogP contribution in [0.2, 0.25) is 13.1 Å². The summed E-state index contributed by atoms with van der Waals surface area (Å²) in [6.45, 7) is 9.67. The Morgan fingerprint density at radius 3 is 2.30 bits per heavy atom. The molecular formula is C7H18OSSi. The Hall–Kier alpha value is 0.527. The normalized spacial score (nSPS) is 12.0. The maximum atomic E-state index is 5.63. The second-order valence-electron chi connectivity index (χ2n) is 2.68. The van der Waals surface area contributed by atoms with E-state index in [-0.39, 0.29) is 0 Å². The lowest BCUT2D eigenvalue weighted by atomic mass is 10.6. The lowest BCUT2D eigenvalue weighted by molar-refractivity contribution is 0.345. The van der Waals surface area contributed by atoms with Crippen LogP contribution in [-0.2, 0) is 4.43 Å². The lowest BCUT2D eigenvalue weighted by Crippen LogP contribution is -2.26. The van der Waals surface area contributed by atoms with Gasteiger partial charge in [0.1, 0.15) is 0 Å². The molecule has 0 N–H and O–H groups in total. The standard InChI is InChI=1S/C7H18OSSi/c1-5-7-9-10(3,4)8-6-2/h5-7H2,1-4H3. The van der Waals surface area contributed by atoms with Crippen LogP contribution in [0.1, 0.15) is 20.3 Å². The summed E-state index contributed by atoms with van der Waals surface area (Å²) in [5.74, 6) is 1.25. The van der Waals surface area contributed by atoms with Gasteiger partial charge in [-0.05, 0) is 32.2 Å². The fourth-order valence-corrected chi connectivity index (χ4v) is 4.90. The van der Waals surface area contributed by atoms with Crippen molar-refractivity contribution in [1.82, 2.24) is 0 Å². The minimum atomic E-state index is -1.31. The molecule has 0 aromatic carbocycles. The van der Waals surface area contributed by atoms with E-state index in [9.17, 15) is 0 Å². The molecule has 0 aliphatic heterocycles. The molecule has 0 aliphatic rings. The van der Waals surface area contributed by atoms with E-state index in [1.807, 2.05) is 11.2 Å². The molecule has 0 radical (unpaired) electrons. The van der Waals surface area contributed by atoms with Crippen LogP contribution in [0.25, 0.3) is 0 Å². The summed E-state index contributed by atoms with van der Waals surface area (Å²) in [6.07, 6.45) is 1.26. The van der Waals surface area contributed by atoms with Gasteiger partial charge in [-0.1, -0.05) is 6.92 Å². The Kier molecular flexibility index (Phi) is 5.49. The maximum Gasteiger partial charge on any atom is 0.247 e. The van der Waals surface area contributed by atoms with Crippen molar-refractivity contribution in [2.75, 3.05) is 12.4 Å². The first kappa shape index (κ1) is 10.5. The maximum absolute atomic E-state index is 5.63. The van der Waals surface area contributed by atoms with Gasteiger partial charge in [0.15, 0.2) is 0 Å². The van der Waals surface area contributed by atoms with Gasteiger partial charge in [-0.15, -0.1) is 0 Å². The Morgan fingerprint density at radius 2 is 1.90 bits per heavy atom. The fourth-order valence-electron chi connectivity index (χ4n) is 0.737. The zero-order valence-electron chi connectivity index (χ0n) is 7.44. The van der Waals surface area contributed by atoms with Gasteiger partial charge in [-0.25, -0.2) is 0 Å². The highest BCUT2D eigenvalue weighted by Gasteiger charge is 2.21. The third kappa shape index (κ3) is 5.32. The van der Waals surface area contributed by atoms with Gasteiger partial charge in [0, 0.05) is 6.61 Å². The molecule has 3 heteroatoms. The molecule has 0 fully saturated rings. The van der Waals surface area contributed by atoms with Gasteiger partial charge in [0.05, 0.1) is 0 Å². The molecule has 0 amide bonds. The molecule has 62 valence electrons. The molecule has 0 aromatic rings. The van der Waals surface area contributed by atoms with Crippen LogP contribution in [0.3, 0.4) is 0 Å². The summed E-state index contributed by atoms with van der Waals surface area (Å²) in [6, 6.07) is 0. The summed E-state index contributed by atoms with van der Waals surface area (Å²) >= 11 is 2.02. The molecule has 1 nitrogen and oxygen atoms in total.